The van der Waals surface area contributed by atoms with Gasteiger partial charge in [0.1, 0.15) is 6.10 Å². The Balaban J connectivity index is 3.53. The average Bonchev–Trinajstić information content (AvgIpc) is 3.24. The predicted molar refractivity (Wildman–Crippen MR) is 259 cm³/mol. The summed E-state index contributed by atoms with van der Waals surface area (Å²) in [5.74, 6) is -0.501. The van der Waals surface area contributed by atoms with Crippen molar-refractivity contribution < 1.29 is 20.1 Å². The van der Waals surface area contributed by atoms with Gasteiger partial charge in [0.05, 0.1) is 18.8 Å². The van der Waals surface area contributed by atoms with E-state index in [1.54, 1.807) is 6.08 Å². The summed E-state index contributed by atoms with van der Waals surface area (Å²) in [6.45, 7) is 4.19. The molecule has 59 heavy (non-hydrogen) atoms. The first-order valence-corrected chi connectivity index (χ1v) is 26.3. The molecule has 0 aromatic carbocycles. The van der Waals surface area contributed by atoms with Crippen LogP contribution in [0.2, 0.25) is 0 Å². The van der Waals surface area contributed by atoms with Gasteiger partial charge in [-0.3, -0.25) is 4.79 Å². The van der Waals surface area contributed by atoms with Crippen molar-refractivity contribution in [2.24, 2.45) is 0 Å². The minimum Gasteiger partial charge on any atom is -0.394 e. The van der Waals surface area contributed by atoms with E-state index >= 15 is 0 Å². The topological polar surface area (TPSA) is 89.8 Å². The van der Waals surface area contributed by atoms with Gasteiger partial charge in [0, 0.05) is 0 Å². The van der Waals surface area contributed by atoms with Gasteiger partial charge < -0.3 is 20.6 Å². The van der Waals surface area contributed by atoms with Gasteiger partial charge in [0.25, 0.3) is 0 Å². The highest BCUT2D eigenvalue weighted by atomic mass is 16.3. The summed E-state index contributed by atoms with van der Waals surface area (Å²) in [6, 6.07) is -0.796. The smallest absolute Gasteiger partial charge is 0.249 e. The molecule has 3 atom stereocenters. The summed E-state index contributed by atoms with van der Waals surface area (Å²) in [5.41, 5.74) is 0. The van der Waals surface area contributed by atoms with Crippen molar-refractivity contribution in [1.29, 1.82) is 0 Å². The van der Waals surface area contributed by atoms with Gasteiger partial charge in [0.15, 0.2) is 0 Å². The Morgan fingerprint density at radius 2 is 0.729 bits per heavy atom. The van der Waals surface area contributed by atoms with Gasteiger partial charge in [-0.15, -0.1) is 0 Å². The number of hydrogen-bond acceptors (Lipinski definition) is 4. The van der Waals surface area contributed by atoms with Crippen LogP contribution in [0.5, 0.6) is 0 Å². The molecule has 0 aliphatic heterocycles. The molecule has 5 nitrogen and oxygen atoms in total. The van der Waals surface area contributed by atoms with Crippen LogP contribution in [-0.2, 0) is 4.79 Å². The number of nitrogens with one attached hydrogen (secondary N) is 1. The fraction of sp³-hybridized carbons (Fsp3) is 0.870. The van der Waals surface area contributed by atoms with Gasteiger partial charge in [-0.25, -0.2) is 0 Å². The number of rotatable bonds is 48. The molecule has 0 fully saturated rings. The van der Waals surface area contributed by atoms with Gasteiger partial charge in [-0.1, -0.05) is 262 Å². The maximum atomic E-state index is 12.5. The van der Waals surface area contributed by atoms with Crippen LogP contribution in [0.4, 0.5) is 0 Å². The number of hydrogen-bond donors (Lipinski definition) is 4. The monoisotopic (exact) mass is 830 g/mol. The summed E-state index contributed by atoms with van der Waals surface area (Å²) < 4.78 is 0. The second-order valence-corrected chi connectivity index (χ2v) is 18.1. The third-order valence-electron chi connectivity index (χ3n) is 12.2. The SMILES string of the molecule is CCCCCCCCCCC/C=C\C/C=C\CCCCCCCCCCCCCCCCCCC(O)C(=O)NC(CO)C(O)/C=C/CCCCCCCCCCCCC. The van der Waals surface area contributed by atoms with Crippen molar-refractivity contribution >= 4 is 5.91 Å². The van der Waals surface area contributed by atoms with Crippen LogP contribution in [0.25, 0.3) is 0 Å². The van der Waals surface area contributed by atoms with Gasteiger partial charge >= 0.3 is 0 Å². The van der Waals surface area contributed by atoms with Crippen LogP contribution in [0.1, 0.15) is 277 Å². The number of amides is 1. The van der Waals surface area contributed by atoms with E-state index in [2.05, 4.69) is 43.5 Å². The van der Waals surface area contributed by atoms with Crippen LogP contribution >= 0.6 is 0 Å². The molecule has 0 spiro atoms. The molecule has 0 aromatic heterocycles. The number of carbonyl (C=O) groups excluding carboxylic acids is 1. The molecule has 0 aliphatic rings. The molecular weight excluding hydrogens is 727 g/mol. The Morgan fingerprint density at radius 3 is 1.07 bits per heavy atom. The Labute approximate surface area is 368 Å². The zero-order valence-electron chi connectivity index (χ0n) is 39.6. The molecule has 0 saturated heterocycles. The second-order valence-electron chi connectivity index (χ2n) is 18.1. The Bertz CT molecular complexity index is 916. The third kappa shape index (κ3) is 44.4. The standard InChI is InChI=1S/C54H103NO4/c1-3-5-7-9-11-13-15-17-18-19-20-21-22-23-24-25-26-27-28-29-30-31-32-33-34-35-37-39-41-43-45-47-49-53(58)54(59)55-51(50-56)52(57)48-46-44-42-40-38-36-16-14-12-10-8-6-4-2/h20-21,23-24,46,48,51-53,56-58H,3-19,22,25-45,47,49-50H2,1-2H3,(H,55,59)/b21-20-,24-23-,48-46+. The van der Waals surface area contributed by atoms with Crippen molar-refractivity contribution in [3.8, 4) is 0 Å². The molecule has 0 heterocycles. The highest BCUT2D eigenvalue weighted by Crippen LogP contribution is 2.16. The molecule has 1 amide bonds. The molecule has 348 valence electrons. The average molecular weight is 830 g/mol. The summed E-state index contributed by atoms with van der Waals surface area (Å²) >= 11 is 0. The van der Waals surface area contributed by atoms with Crippen molar-refractivity contribution in [3.05, 3.63) is 36.5 Å². The first kappa shape index (κ1) is 57.6. The van der Waals surface area contributed by atoms with Crippen LogP contribution in [0, 0.1) is 0 Å². The molecule has 0 rings (SSSR count). The quantitative estimate of drug-likeness (QED) is 0.0363. The van der Waals surface area contributed by atoms with Crippen molar-refractivity contribution in [2.45, 2.75) is 295 Å². The third-order valence-corrected chi connectivity index (χ3v) is 12.2. The van der Waals surface area contributed by atoms with E-state index < -0.39 is 24.2 Å². The van der Waals surface area contributed by atoms with Crippen molar-refractivity contribution in [2.75, 3.05) is 6.61 Å². The normalized spacial score (nSPS) is 13.6. The van der Waals surface area contributed by atoms with Crippen molar-refractivity contribution in [3.63, 3.8) is 0 Å². The number of aliphatic hydroxyl groups is 3. The lowest BCUT2D eigenvalue weighted by molar-refractivity contribution is -0.131. The zero-order valence-corrected chi connectivity index (χ0v) is 39.6. The van der Waals surface area contributed by atoms with Crippen LogP contribution in [-0.4, -0.2) is 46.1 Å². The largest absolute Gasteiger partial charge is 0.394 e. The maximum absolute atomic E-state index is 12.5. The molecule has 0 saturated carbocycles. The van der Waals surface area contributed by atoms with Crippen LogP contribution in [0.3, 0.4) is 0 Å². The van der Waals surface area contributed by atoms with Crippen LogP contribution < -0.4 is 5.32 Å². The van der Waals surface area contributed by atoms with Gasteiger partial charge in [-0.2, -0.15) is 0 Å². The summed E-state index contributed by atoms with van der Waals surface area (Å²) in [4.78, 5) is 12.5. The van der Waals surface area contributed by atoms with Crippen LogP contribution in [0.15, 0.2) is 36.5 Å². The second kappa shape index (κ2) is 49.2. The molecule has 5 heteroatoms. The predicted octanol–water partition coefficient (Wildman–Crippen LogP) is 15.9. The fourth-order valence-electron chi connectivity index (χ4n) is 8.10. The lowest BCUT2D eigenvalue weighted by Crippen LogP contribution is -2.48. The lowest BCUT2D eigenvalue weighted by Gasteiger charge is -2.21. The molecule has 0 aliphatic carbocycles. The van der Waals surface area contributed by atoms with E-state index in [9.17, 15) is 20.1 Å². The highest BCUT2D eigenvalue weighted by Gasteiger charge is 2.22. The highest BCUT2D eigenvalue weighted by molar-refractivity contribution is 5.80. The first-order valence-electron chi connectivity index (χ1n) is 26.3. The molecule has 0 bridgehead atoms. The van der Waals surface area contributed by atoms with E-state index in [0.717, 1.165) is 38.5 Å². The maximum Gasteiger partial charge on any atom is 0.249 e. The van der Waals surface area contributed by atoms with Gasteiger partial charge in [-0.05, 0) is 51.4 Å². The summed E-state index contributed by atoms with van der Waals surface area (Å²) in [7, 11) is 0. The Kier molecular flexibility index (Phi) is 48.0. The summed E-state index contributed by atoms with van der Waals surface area (Å²) in [5, 5.41) is 33.2. The number of allylic oxidation sites excluding steroid dienone is 5. The van der Waals surface area contributed by atoms with E-state index in [1.165, 1.54) is 218 Å². The van der Waals surface area contributed by atoms with E-state index in [0.29, 0.717) is 6.42 Å². The fourth-order valence-corrected chi connectivity index (χ4v) is 8.10. The molecule has 3 unspecified atom stereocenters. The minimum absolute atomic E-state index is 0.362. The zero-order chi connectivity index (χ0) is 43.0. The molecular formula is C54H103NO4. The Hall–Kier alpha value is -1.43. The molecule has 4 N–H and O–H groups in total. The van der Waals surface area contributed by atoms with Gasteiger partial charge in [0.2, 0.25) is 5.91 Å². The van der Waals surface area contributed by atoms with E-state index in [1.807, 2.05) is 6.08 Å². The summed E-state index contributed by atoms with van der Waals surface area (Å²) in [6.07, 6.45) is 63.6. The Morgan fingerprint density at radius 1 is 0.424 bits per heavy atom. The minimum atomic E-state index is -1.10. The molecule has 0 aromatic rings. The number of unbranched alkanes of at least 4 members (excludes halogenated alkanes) is 36. The lowest BCUT2D eigenvalue weighted by atomic mass is 10.0. The van der Waals surface area contributed by atoms with E-state index in [4.69, 9.17) is 0 Å². The number of carbonyl (C=O) groups is 1. The first-order chi connectivity index (χ1) is 29.1. The van der Waals surface area contributed by atoms with E-state index in [-0.39, 0.29) is 6.61 Å². The van der Waals surface area contributed by atoms with Crippen molar-refractivity contribution in [1.82, 2.24) is 5.32 Å². The molecule has 0 radical (unpaired) electrons. The number of aliphatic hydroxyl groups excluding tert-OH is 3.